The molecule has 0 aliphatic heterocycles. The third kappa shape index (κ3) is 5.93. The van der Waals surface area contributed by atoms with E-state index in [9.17, 15) is 9.90 Å². The lowest BCUT2D eigenvalue weighted by atomic mass is 9.89. The van der Waals surface area contributed by atoms with Crippen molar-refractivity contribution in [1.29, 1.82) is 0 Å². The molecule has 156 valence electrons. The van der Waals surface area contributed by atoms with Gasteiger partial charge in [0, 0.05) is 26.4 Å². The summed E-state index contributed by atoms with van der Waals surface area (Å²) in [5, 5.41) is 10.5. The van der Waals surface area contributed by atoms with Crippen LogP contribution in [0, 0.1) is 24.7 Å². The van der Waals surface area contributed by atoms with Gasteiger partial charge in [0.1, 0.15) is 0 Å². The Morgan fingerprint density at radius 1 is 1.24 bits per heavy atom. The van der Waals surface area contributed by atoms with Crippen LogP contribution in [0.4, 0.5) is 0 Å². The molecule has 2 aliphatic rings. The normalized spacial score (nSPS) is 26.3. The fraction of sp³-hybridized carbons (Fsp3) is 0.500. The van der Waals surface area contributed by atoms with Gasteiger partial charge in [-0.1, -0.05) is 65.8 Å². The zero-order valence-electron chi connectivity index (χ0n) is 18.1. The van der Waals surface area contributed by atoms with Crippen molar-refractivity contribution >= 4 is 12.0 Å². The Morgan fingerprint density at radius 3 is 2.83 bits per heavy atom. The largest absolute Gasteiger partial charge is 0.392 e. The third-order valence-corrected chi connectivity index (χ3v) is 6.36. The molecule has 1 aromatic rings. The lowest BCUT2D eigenvalue weighted by Crippen LogP contribution is -2.21. The predicted octanol–water partition coefficient (Wildman–Crippen LogP) is 5.16. The fourth-order valence-electron chi connectivity index (χ4n) is 4.78. The maximum atomic E-state index is 11.7. The van der Waals surface area contributed by atoms with Gasteiger partial charge in [0.05, 0.1) is 6.10 Å². The quantitative estimate of drug-likeness (QED) is 0.377. The van der Waals surface area contributed by atoms with Gasteiger partial charge in [-0.25, -0.2) is 0 Å². The number of nitrogens with zero attached hydrogens (tertiary/aromatic N) is 1. The molecule has 0 unspecified atom stereocenters. The summed E-state index contributed by atoms with van der Waals surface area (Å²) >= 11 is 0. The number of rotatable bonds is 8. The predicted molar refractivity (Wildman–Crippen MR) is 120 cm³/mol. The minimum Gasteiger partial charge on any atom is -0.392 e. The Balaban J connectivity index is 1.48. The van der Waals surface area contributed by atoms with Gasteiger partial charge < -0.3 is 10.0 Å². The highest BCUT2D eigenvalue weighted by Gasteiger charge is 2.42. The van der Waals surface area contributed by atoms with Crippen LogP contribution in [-0.4, -0.2) is 36.1 Å². The van der Waals surface area contributed by atoms with Gasteiger partial charge in [0.25, 0.3) is 0 Å². The topological polar surface area (TPSA) is 40.5 Å². The van der Waals surface area contributed by atoms with E-state index in [4.69, 9.17) is 0 Å². The lowest BCUT2D eigenvalue weighted by Gasteiger charge is -2.18. The van der Waals surface area contributed by atoms with Crippen LogP contribution in [-0.2, 0) is 4.79 Å². The van der Waals surface area contributed by atoms with Crippen LogP contribution in [0.3, 0.4) is 0 Å². The number of unbranched alkanes of at least 4 members (excludes halogenated alkanes) is 1. The molecule has 2 aliphatic carbocycles. The number of carbonyl (C=O) groups excluding carboxylic acids is 1. The standard InChI is InChI=1S/C26H35NO2/c1-19-9-8-12-20(15-19)10-4-6-13-23-24-17-21(16-22(24)18-25(23)28)11-5-7-14-26(29)27(2)3/h4,6,8-10,12-13,15-16,22-25,28H,5,7,11,14,17-18H2,1-3H3/t22-,23+,24-,25+/m0/s1. The van der Waals surface area contributed by atoms with Gasteiger partial charge in [-0.3, -0.25) is 4.79 Å². The molecule has 29 heavy (non-hydrogen) atoms. The zero-order valence-corrected chi connectivity index (χ0v) is 18.1. The van der Waals surface area contributed by atoms with E-state index in [1.807, 2.05) is 14.1 Å². The minimum absolute atomic E-state index is 0.217. The first-order valence-corrected chi connectivity index (χ1v) is 10.9. The highest BCUT2D eigenvalue weighted by Crippen LogP contribution is 2.48. The lowest BCUT2D eigenvalue weighted by molar-refractivity contribution is -0.128. The summed E-state index contributed by atoms with van der Waals surface area (Å²) in [6, 6.07) is 8.46. The van der Waals surface area contributed by atoms with Crippen molar-refractivity contribution in [3.8, 4) is 0 Å². The summed E-state index contributed by atoms with van der Waals surface area (Å²) in [5.74, 6) is 1.51. The number of aryl methyl sites for hydroxylation is 1. The van der Waals surface area contributed by atoms with Gasteiger partial charge in [-0.05, 0) is 56.4 Å². The molecule has 1 fully saturated rings. The molecule has 0 radical (unpaired) electrons. The smallest absolute Gasteiger partial charge is 0.222 e. The first-order chi connectivity index (χ1) is 13.9. The molecule has 0 bridgehead atoms. The number of carbonyl (C=O) groups is 1. The van der Waals surface area contributed by atoms with Gasteiger partial charge in [0.2, 0.25) is 5.91 Å². The molecule has 0 saturated heterocycles. The Hall–Kier alpha value is -2.13. The van der Waals surface area contributed by atoms with Crippen LogP contribution >= 0.6 is 0 Å². The van der Waals surface area contributed by atoms with Crippen molar-refractivity contribution in [3.63, 3.8) is 0 Å². The van der Waals surface area contributed by atoms with Crippen LogP contribution in [0.2, 0.25) is 0 Å². The summed E-state index contributed by atoms with van der Waals surface area (Å²) in [7, 11) is 3.64. The zero-order chi connectivity index (χ0) is 20.8. The van der Waals surface area contributed by atoms with E-state index in [1.165, 1.54) is 16.7 Å². The molecular formula is C26H35NO2. The molecule has 1 N–H and O–H groups in total. The second-order valence-corrected chi connectivity index (χ2v) is 8.89. The second kappa shape index (κ2) is 10.1. The number of aliphatic hydroxyl groups excluding tert-OH is 1. The Morgan fingerprint density at radius 2 is 2.07 bits per heavy atom. The molecule has 4 atom stereocenters. The van der Waals surface area contributed by atoms with Crippen molar-refractivity contribution in [2.45, 2.75) is 51.6 Å². The van der Waals surface area contributed by atoms with Crippen LogP contribution in [0.1, 0.15) is 49.7 Å². The second-order valence-electron chi connectivity index (χ2n) is 8.89. The maximum Gasteiger partial charge on any atom is 0.222 e. The summed E-state index contributed by atoms with van der Waals surface area (Å²) in [5.41, 5.74) is 4.00. The van der Waals surface area contributed by atoms with E-state index in [0.29, 0.717) is 18.3 Å². The summed E-state index contributed by atoms with van der Waals surface area (Å²) in [6.07, 6.45) is 16.4. The SMILES string of the molecule is Cc1cccc(C=CC=C[C@@H]2[C@H]3CC(CCCCC(=O)N(C)C)=C[C@H]3C[C@H]2O)c1. The number of amides is 1. The van der Waals surface area contributed by atoms with Crippen molar-refractivity contribution < 1.29 is 9.90 Å². The summed E-state index contributed by atoms with van der Waals surface area (Å²) in [4.78, 5) is 13.4. The number of hydrogen-bond acceptors (Lipinski definition) is 2. The molecule has 3 nitrogen and oxygen atoms in total. The minimum atomic E-state index is -0.232. The number of allylic oxidation sites excluding steroid dienone is 4. The number of fused-ring (bicyclic) bond motifs is 1. The fourth-order valence-corrected chi connectivity index (χ4v) is 4.78. The van der Waals surface area contributed by atoms with Crippen molar-refractivity contribution in [1.82, 2.24) is 4.90 Å². The first kappa shape index (κ1) is 21.6. The molecule has 0 aromatic heterocycles. The van der Waals surface area contributed by atoms with Gasteiger partial charge in [0.15, 0.2) is 0 Å². The summed E-state index contributed by atoms with van der Waals surface area (Å²) < 4.78 is 0. The van der Waals surface area contributed by atoms with Crippen LogP contribution in [0.25, 0.3) is 6.08 Å². The van der Waals surface area contributed by atoms with Gasteiger partial charge >= 0.3 is 0 Å². The summed E-state index contributed by atoms with van der Waals surface area (Å²) in [6.45, 7) is 2.10. The molecule has 3 heteroatoms. The molecule has 0 spiro atoms. The highest BCUT2D eigenvalue weighted by atomic mass is 16.3. The van der Waals surface area contributed by atoms with Crippen molar-refractivity contribution in [2.75, 3.05) is 14.1 Å². The van der Waals surface area contributed by atoms with Crippen LogP contribution in [0.15, 0.2) is 54.1 Å². The molecule has 3 rings (SSSR count). The van der Waals surface area contributed by atoms with Crippen LogP contribution < -0.4 is 0 Å². The molecular weight excluding hydrogens is 358 g/mol. The average Bonchev–Trinajstić information content (AvgIpc) is 3.19. The van der Waals surface area contributed by atoms with E-state index < -0.39 is 0 Å². The van der Waals surface area contributed by atoms with Crippen LogP contribution in [0.5, 0.6) is 0 Å². The first-order valence-electron chi connectivity index (χ1n) is 10.9. The molecule has 1 saturated carbocycles. The number of hydrogen-bond donors (Lipinski definition) is 1. The van der Waals surface area contributed by atoms with Gasteiger partial charge in [-0.15, -0.1) is 0 Å². The molecule has 1 amide bonds. The Kier molecular flexibility index (Phi) is 7.49. The van der Waals surface area contributed by atoms with Crippen molar-refractivity contribution in [3.05, 3.63) is 65.3 Å². The molecule has 0 heterocycles. The Labute approximate surface area is 175 Å². The van der Waals surface area contributed by atoms with E-state index in [0.717, 1.165) is 32.1 Å². The van der Waals surface area contributed by atoms with E-state index in [1.54, 1.807) is 4.90 Å². The van der Waals surface area contributed by atoms with E-state index in [-0.39, 0.29) is 17.9 Å². The molecule has 1 aromatic carbocycles. The van der Waals surface area contributed by atoms with E-state index >= 15 is 0 Å². The average molecular weight is 394 g/mol. The van der Waals surface area contributed by atoms with E-state index in [2.05, 4.69) is 61.6 Å². The van der Waals surface area contributed by atoms with Crippen molar-refractivity contribution in [2.24, 2.45) is 17.8 Å². The maximum absolute atomic E-state index is 11.7. The third-order valence-electron chi connectivity index (χ3n) is 6.36. The number of benzene rings is 1. The number of aliphatic hydroxyl groups is 1. The Bertz CT molecular complexity index is 790. The van der Waals surface area contributed by atoms with Gasteiger partial charge in [-0.2, -0.15) is 0 Å². The monoisotopic (exact) mass is 393 g/mol. The highest BCUT2D eigenvalue weighted by molar-refractivity contribution is 5.75.